The number of fused-ring (bicyclic) bond motifs is 1. The summed E-state index contributed by atoms with van der Waals surface area (Å²) in [4.78, 5) is 21.4. The molecular weight excluding hydrogens is 427 g/mol. The van der Waals surface area contributed by atoms with Crippen LogP contribution in [0.25, 0.3) is 0 Å². The van der Waals surface area contributed by atoms with Gasteiger partial charge in [-0.3, -0.25) is 9.69 Å². The summed E-state index contributed by atoms with van der Waals surface area (Å²) in [6.07, 6.45) is -4.80. The van der Waals surface area contributed by atoms with Gasteiger partial charge < -0.3 is 20.5 Å². The van der Waals surface area contributed by atoms with Crippen molar-refractivity contribution in [1.82, 2.24) is 20.2 Å². The predicted molar refractivity (Wildman–Crippen MR) is 109 cm³/mol. The zero-order valence-corrected chi connectivity index (χ0v) is 17.2. The highest BCUT2D eigenvalue weighted by molar-refractivity contribution is 5.93. The molecule has 1 aromatic carbocycles. The monoisotopic (exact) mass is 451 g/mol. The van der Waals surface area contributed by atoms with Crippen LogP contribution >= 0.6 is 0 Å². The van der Waals surface area contributed by atoms with Crippen LogP contribution in [0, 0.1) is 0 Å². The number of ether oxygens (including phenoxy) is 1. The molecule has 2 aliphatic rings. The van der Waals surface area contributed by atoms with Gasteiger partial charge in [-0.15, -0.1) is 0 Å². The predicted octanol–water partition coefficient (Wildman–Crippen LogP) is 1.46. The lowest BCUT2D eigenvalue weighted by Gasteiger charge is -2.30. The molecule has 1 aromatic heterocycles. The molecule has 1 amide bonds. The van der Waals surface area contributed by atoms with Crippen molar-refractivity contribution in [3.05, 3.63) is 53.0 Å². The standard InChI is InChI=1S/C21H24F3N5O3/c22-21(23,24)20-27-17(7-18(28-20)26-15-11-32-12-15)19(31)25-8-16(30)10-29-6-5-13-3-1-2-4-14(13)9-29/h1-4,7,15-16,30H,5-6,8-12H2,(H,25,31)(H,26,27,28)/t16-/m0/s1. The number of benzene rings is 1. The number of carbonyl (C=O) groups is 1. The Morgan fingerprint density at radius 3 is 2.69 bits per heavy atom. The average molecular weight is 451 g/mol. The van der Waals surface area contributed by atoms with Crippen LogP contribution in [0.2, 0.25) is 0 Å². The highest BCUT2D eigenvalue weighted by atomic mass is 19.4. The quantitative estimate of drug-likeness (QED) is 0.586. The molecule has 3 N–H and O–H groups in total. The van der Waals surface area contributed by atoms with E-state index in [0.717, 1.165) is 19.0 Å². The van der Waals surface area contributed by atoms with Crippen LogP contribution in [0.5, 0.6) is 0 Å². The first-order valence-corrected chi connectivity index (χ1v) is 10.3. The highest BCUT2D eigenvalue weighted by Crippen LogP contribution is 2.27. The van der Waals surface area contributed by atoms with Gasteiger partial charge in [0.15, 0.2) is 0 Å². The van der Waals surface area contributed by atoms with E-state index in [4.69, 9.17) is 4.74 Å². The minimum atomic E-state index is -4.80. The molecule has 0 radical (unpaired) electrons. The van der Waals surface area contributed by atoms with E-state index in [-0.39, 0.29) is 18.4 Å². The van der Waals surface area contributed by atoms with Gasteiger partial charge in [-0.25, -0.2) is 9.97 Å². The third kappa shape index (κ3) is 5.53. The molecule has 0 saturated carbocycles. The molecular formula is C21H24F3N5O3. The summed E-state index contributed by atoms with van der Waals surface area (Å²) in [5, 5.41) is 15.6. The summed E-state index contributed by atoms with van der Waals surface area (Å²) in [6.45, 7) is 2.40. The summed E-state index contributed by atoms with van der Waals surface area (Å²) in [5.41, 5.74) is 2.07. The number of aliphatic hydroxyl groups is 1. The zero-order chi connectivity index (χ0) is 22.7. The number of carbonyl (C=O) groups excluding carboxylic acids is 1. The number of anilines is 1. The average Bonchev–Trinajstić information content (AvgIpc) is 2.73. The fraction of sp³-hybridized carbons (Fsp3) is 0.476. The van der Waals surface area contributed by atoms with Crippen molar-refractivity contribution in [2.24, 2.45) is 0 Å². The molecule has 0 unspecified atom stereocenters. The number of nitrogens with one attached hydrogen (secondary N) is 2. The summed E-state index contributed by atoms with van der Waals surface area (Å²) < 4.78 is 44.5. The van der Waals surface area contributed by atoms with Gasteiger partial charge in [-0.05, 0) is 17.5 Å². The van der Waals surface area contributed by atoms with E-state index in [1.165, 1.54) is 11.1 Å². The van der Waals surface area contributed by atoms with Crippen LogP contribution in [-0.2, 0) is 23.9 Å². The number of amides is 1. The molecule has 8 nitrogen and oxygen atoms in total. The van der Waals surface area contributed by atoms with E-state index in [1.807, 2.05) is 18.2 Å². The molecule has 3 heterocycles. The number of β-amino-alcohol motifs (C(OH)–C–C–N with tert-alkyl or cyclic N) is 1. The van der Waals surface area contributed by atoms with Gasteiger partial charge in [0.1, 0.15) is 11.5 Å². The maximum Gasteiger partial charge on any atom is 0.451 e. The largest absolute Gasteiger partial charge is 0.451 e. The summed E-state index contributed by atoms with van der Waals surface area (Å²) in [7, 11) is 0. The topological polar surface area (TPSA) is 99.6 Å². The second-order valence-electron chi connectivity index (χ2n) is 7.96. The Hall–Kier alpha value is -2.76. The van der Waals surface area contributed by atoms with Crippen LogP contribution in [0.15, 0.2) is 30.3 Å². The number of aliphatic hydroxyl groups excluding tert-OH is 1. The van der Waals surface area contributed by atoms with Gasteiger partial charge >= 0.3 is 6.18 Å². The summed E-state index contributed by atoms with van der Waals surface area (Å²) >= 11 is 0. The van der Waals surface area contributed by atoms with Gasteiger partial charge in [0.2, 0.25) is 5.82 Å². The Morgan fingerprint density at radius 1 is 1.25 bits per heavy atom. The Balaban J connectivity index is 1.35. The Bertz CT molecular complexity index is 968. The lowest BCUT2D eigenvalue weighted by atomic mass is 10.00. The molecule has 0 bridgehead atoms. The first-order valence-electron chi connectivity index (χ1n) is 10.3. The van der Waals surface area contributed by atoms with Gasteiger partial charge in [-0.2, -0.15) is 13.2 Å². The van der Waals surface area contributed by atoms with Gasteiger partial charge in [0.25, 0.3) is 5.91 Å². The normalized spacial score (nSPS) is 17.9. The number of rotatable bonds is 7. The number of alkyl halides is 3. The second kappa shape index (κ2) is 9.39. The van der Waals surface area contributed by atoms with E-state index in [1.54, 1.807) is 0 Å². The van der Waals surface area contributed by atoms with E-state index in [2.05, 4.69) is 31.6 Å². The van der Waals surface area contributed by atoms with Crippen molar-refractivity contribution in [3.63, 3.8) is 0 Å². The number of hydrogen-bond acceptors (Lipinski definition) is 7. The molecule has 172 valence electrons. The zero-order valence-electron chi connectivity index (χ0n) is 17.2. The van der Waals surface area contributed by atoms with Gasteiger partial charge in [0.05, 0.1) is 25.4 Å². The van der Waals surface area contributed by atoms with Crippen molar-refractivity contribution in [3.8, 4) is 0 Å². The molecule has 32 heavy (non-hydrogen) atoms. The van der Waals surface area contributed by atoms with E-state index in [9.17, 15) is 23.1 Å². The van der Waals surface area contributed by atoms with Crippen LogP contribution in [0.1, 0.15) is 27.4 Å². The summed E-state index contributed by atoms with van der Waals surface area (Å²) in [5.74, 6) is -2.31. The van der Waals surface area contributed by atoms with Crippen LogP contribution in [0.3, 0.4) is 0 Å². The maximum absolute atomic E-state index is 13.2. The van der Waals surface area contributed by atoms with Crippen molar-refractivity contribution < 1.29 is 27.8 Å². The molecule has 0 aliphatic carbocycles. The first-order chi connectivity index (χ1) is 15.3. The number of halogens is 3. The number of hydrogen-bond donors (Lipinski definition) is 3. The van der Waals surface area contributed by atoms with Crippen molar-refractivity contribution in [2.75, 3.05) is 38.2 Å². The lowest BCUT2D eigenvalue weighted by Crippen LogP contribution is -2.42. The van der Waals surface area contributed by atoms with Crippen LogP contribution in [0.4, 0.5) is 19.0 Å². The SMILES string of the molecule is O=C(NC[C@H](O)CN1CCc2ccccc2C1)c1cc(NC2COC2)nc(C(F)(F)F)n1. The Kier molecular flexibility index (Phi) is 6.58. The number of aromatic nitrogens is 2. The molecule has 4 rings (SSSR count). The van der Waals surface area contributed by atoms with Crippen molar-refractivity contribution in [1.29, 1.82) is 0 Å². The van der Waals surface area contributed by atoms with Gasteiger partial charge in [0, 0.05) is 32.2 Å². The smallest absolute Gasteiger partial charge is 0.390 e. The molecule has 1 fully saturated rings. The van der Waals surface area contributed by atoms with Gasteiger partial charge in [-0.1, -0.05) is 24.3 Å². The maximum atomic E-state index is 13.2. The van der Waals surface area contributed by atoms with E-state index in [0.29, 0.717) is 26.3 Å². The molecule has 2 aromatic rings. The minimum absolute atomic E-state index is 0.0988. The Labute approximate surface area is 182 Å². The fourth-order valence-electron chi connectivity index (χ4n) is 3.67. The number of nitrogens with zero attached hydrogens (tertiary/aromatic N) is 3. The molecule has 11 heteroatoms. The first kappa shape index (κ1) is 22.4. The molecule has 1 atom stereocenters. The van der Waals surface area contributed by atoms with Crippen LogP contribution in [-0.4, -0.2) is 70.9 Å². The molecule has 1 saturated heterocycles. The second-order valence-corrected chi connectivity index (χ2v) is 7.96. The molecule has 0 spiro atoms. The van der Waals surface area contributed by atoms with Crippen molar-refractivity contribution >= 4 is 11.7 Å². The van der Waals surface area contributed by atoms with Crippen LogP contribution < -0.4 is 10.6 Å². The fourth-order valence-corrected chi connectivity index (χ4v) is 3.67. The Morgan fingerprint density at radius 2 is 2.00 bits per heavy atom. The lowest BCUT2D eigenvalue weighted by molar-refractivity contribution is -0.144. The third-order valence-corrected chi connectivity index (χ3v) is 5.38. The molecule has 2 aliphatic heterocycles. The van der Waals surface area contributed by atoms with Crippen molar-refractivity contribution in [2.45, 2.75) is 31.3 Å². The van der Waals surface area contributed by atoms with E-state index >= 15 is 0 Å². The minimum Gasteiger partial charge on any atom is -0.390 e. The third-order valence-electron chi connectivity index (χ3n) is 5.38. The summed E-state index contributed by atoms with van der Waals surface area (Å²) in [6, 6.07) is 9.09. The highest BCUT2D eigenvalue weighted by Gasteiger charge is 2.36. The van der Waals surface area contributed by atoms with E-state index < -0.39 is 29.7 Å².